The smallest absolute Gasteiger partial charge is 0.182 e. The average molecular weight is 420 g/mol. The molecular weight excluding hydrogens is 405 g/mol. The first-order valence-electron chi connectivity index (χ1n) is 9.22. The minimum absolute atomic E-state index is 0.301. The van der Waals surface area contributed by atoms with E-state index in [1.54, 1.807) is 24.5 Å². The molecule has 0 radical (unpaired) electrons. The summed E-state index contributed by atoms with van der Waals surface area (Å²) in [7, 11) is 0. The van der Waals surface area contributed by atoms with Crippen LogP contribution in [-0.4, -0.2) is 29.9 Å². The number of hydrogen-bond donors (Lipinski definition) is 2. The van der Waals surface area contributed by atoms with Gasteiger partial charge in [0.05, 0.1) is 34.8 Å². The van der Waals surface area contributed by atoms with Crippen molar-refractivity contribution in [2.24, 2.45) is 0 Å². The highest BCUT2D eigenvalue weighted by atomic mass is 35.5. The van der Waals surface area contributed by atoms with Crippen molar-refractivity contribution >= 4 is 39.6 Å². The van der Waals surface area contributed by atoms with Crippen molar-refractivity contribution in [2.45, 2.75) is 13.2 Å². The summed E-state index contributed by atoms with van der Waals surface area (Å²) in [5.41, 5.74) is 4.95. The third-order valence-corrected chi connectivity index (χ3v) is 5.09. The number of aromatic amines is 1. The monoisotopic (exact) mass is 419 g/mol. The lowest BCUT2D eigenvalue weighted by Crippen LogP contribution is -2.08. The molecule has 0 atom stereocenters. The Hall–Kier alpha value is -3.65. The first-order chi connectivity index (χ1) is 14.7. The predicted molar refractivity (Wildman–Crippen MR) is 114 cm³/mol. The number of benzene rings is 2. The van der Waals surface area contributed by atoms with E-state index in [-0.39, 0.29) is 0 Å². The molecule has 7 nitrogen and oxygen atoms in total. The molecule has 0 spiro atoms. The van der Waals surface area contributed by atoms with Gasteiger partial charge in [0.25, 0.3) is 0 Å². The van der Waals surface area contributed by atoms with E-state index in [2.05, 4.69) is 25.3 Å². The highest BCUT2D eigenvalue weighted by Crippen LogP contribution is 2.30. The fourth-order valence-corrected chi connectivity index (χ4v) is 3.56. The molecule has 3 heterocycles. The molecule has 2 aromatic carbocycles. The molecule has 0 amide bonds. The van der Waals surface area contributed by atoms with Crippen LogP contribution in [0.5, 0.6) is 0 Å². The summed E-state index contributed by atoms with van der Waals surface area (Å²) in [4.78, 5) is 25.1. The SMILES string of the molecule is FCc1ccccc1-c1nc2cccc(Cl)c2nc1CNc1ncnc2nc[nH]c12. The Kier molecular flexibility index (Phi) is 4.68. The van der Waals surface area contributed by atoms with Crippen LogP contribution >= 0.6 is 11.6 Å². The molecule has 0 saturated carbocycles. The van der Waals surface area contributed by atoms with Gasteiger partial charge < -0.3 is 10.3 Å². The number of hydrogen-bond acceptors (Lipinski definition) is 6. The summed E-state index contributed by atoms with van der Waals surface area (Å²) in [5, 5.41) is 3.76. The van der Waals surface area contributed by atoms with E-state index in [1.807, 2.05) is 24.3 Å². The van der Waals surface area contributed by atoms with Crippen LogP contribution in [0.3, 0.4) is 0 Å². The van der Waals surface area contributed by atoms with Gasteiger partial charge in [-0.2, -0.15) is 0 Å². The second-order valence-electron chi connectivity index (χ2n) is 6.59. The normalized spacial score (nSPS) is 11.3. The second-order valence-corrected chi connectivity index (χ2v) is 7.00. The fraction of sp³-hybridized carbons (Fsp3) is 0.0952. The van der Waals surface area contributed by atoms with Gasteiger partial charge in [-0.1, -0.05) is 41.9 Å². The van der Waals surface area contributed by atoms with E-state index in [4.69, 9.17) is 21.6 Å². The lowest BCUT2D eigenvalue weighted by atomic mass is 10.0. The Morgan fingerprint density at radius 1 is 1.00 bits per heavy atom. The van der Waals surface area contributed by atoms with Gasteiger partial charge in [-0.15, -0.1) is 0 Å². The quantitative estimate of drug-likeness (QED) is 0.429. The Balaban J connectivity index is 1.63. The standard InChI is InChI=1S/C21H15ClFN7/c22-14-6-3-7-15-18(14)30-16(17(29-15)13-5-2-1-4-12(13)8-23)9-24-20-19-21(26-10-25-19)28-11-27-20/h1-7,10-11H,8-9H2,(H2,24,25,26,27,28). The topological polar surface area (TPSA) is 92.3 Å². The Morgan fingerprint density at radius 3 is 2.80 bits per heavy atom. The molecule has 0 aliphatic carbocycles. The van der Waals surface area contributed by atoms with E-state index in [0.29, 0.717) is 62.1 Å². The predicted octanol–water partition coefficient (Wildman–Crippen LogP) is 4.70. The van der Waals surface area contributed by atoms with Gasteiger partial charge >= 0.3 is 0 Å². The zero-order valence-electron chi connectivity index (χ0n) is 15.6. The van der Waals surface area contributed by atoms with Gasteiger partial charge in [0.2, 0.25) is 0 Å². The van der Waals surface area contributed by atoms with Crippen LogP contribution in [0.2, 0.25) is 5.02 Å². The van der Waals surface area contributed by atoms with Crippen molar-refractivity contribution in [1.29, 1.82) is 0 Å². The maximum absolute atomic E-state index is 13.7. The van der Waals surface area contributed by atoms with Gasteiger partial charge in [0.15, 0.2) is 11.5 Å². The summed E-state index contributed by atoms with van der Waals surface area (Å²) >= 11 is 6.35. The van der Waals surface area contributed by atoms with Crippen LogP contribution in [0, 0.1) is 0 Å². The van der Waals surface area contributed by atoms with Crippen molar-refractivity contribution in [1.82, 2.24) is 29.9 Å². The number of nitrogens with zero attached hydrogens (tertiary/aromatic N) is 5. The van der Waals surface area contributed by atoms with Crippen molar-refractivity contribution in [3.8, 4) is 11.3 Å². The van der Waals surface area contributed by atoms with E-state index in [1.165, 1.54) is 6.33 Å². The molecule has 0 fully saturated rings. The lowest BCUT2D eigenvalue weighted by Gasteiger charge is -2.14. The first-order valence-corrected chi connectivity index (χ1v) is 9.59. The number of para-hydroxylation sites is 1. The van der Waals surface area contributed by atoms with Crippen LogP contribution in [0.4, 0.5) is 10.2 Å². The minimum Gasteiger partial charge on any atom is -0.362 e. The Bertz CT molecular complexity index is 1370. The van der Waals surface area contributed by atoms with E-state index >= 15 is 0 Å². The molecule has 148 valence electrons. The van der Waals surface area contributed by atoms with Crippen LogP contribution in [0.15, 0.2) is 55.1 Å². The number of H-pyrrole nitrogens is 1. The molecule has 30 heavy (non-hydrogen) atoms. The summed E-state index contributed by atoms with van der Waals surface area (Å²) in [6.45, 7) is -0.297. The molecule has 5 rings (SSSR count). The molecule has 0 aliphatic rings. The number of alkyl halides is 1. The summed E-state index contributed by atoms with van der Waals surface area (Å²) in [6.07, 6.45) is 3.00. The van der Waals surface area contributed by atoms with Crippen molar-refractivity contribution < 1.29 is 4.39 Å². The highest BCUT2D eigenvalue weighted by Gasteiger charge is 2.16. The lowest BCUT2D eigenvalue weighted by molar-refractivity contribution is 0.486. The van der Waals surface area contributed by atoms with E-state index in [0.717, 1.165) is 0 Å². The molecule has 0 bridgehead atoms. The highest BCUT2D eigenvalue weighted by molar-refractivity contribution is 6.34. The zero-order valence-corrected chi connectivity index (χ0v) is 16.4. The Labute approximate surface area is 175 Å². The van der Waals surface area contributed by atoms with Gasteiger partial charge in [0, 0.05) is 5.56 Å². The molecule has 9 heteroatoms. The number of aromatic nitrogens is 6. The molecule has 0 unspecified atom stereocenters. The van der Waals surface area contributed by atoms with Crippen molar-refractivity contribution in [3.05, 3.63) is 71.4 Å². The van der Waals surface area contributed by atoms with Crippen molar-refractivity contribution in [2.75, 3.05) is 5.32 Å². The fourth-order valence-electron chi connectivity index (χ4n) is 3.35. The minimum atomic E-state index is -0.598. The average Bonchev–Trinajstić information content (AvgIpc) is 3.27. The number of fused-ring (bicyclic) bond motifs is 2. The van der Waals surface area contributed by atoms with E-state index in [9.17, 15) is 4.39 Å². The second kappa shape index (κ2) is 7.64. The molecular formula is C21H15ClFN7. The number of imidazole rings is 1. The van der Waals surface area contributed by atoms with E-state index < -0.39 is 6.67 Å². The Morgan fingerprint density at radius 2 is 1.90 bits per heavy atom. The number of anilines is 1. The molecule has 5 aromatic rings. The van der Waals surface area contributed by atoms with Crippen molar-refractivity contribution in [3.63, 3.8) is 0 Å². The molecule has 0 saturated heterocycles. The third-order valence-electron chi connectivity index (χ3n) is 4.78. The first kappa shape index (κ1) is 18.4. The summed E-state index contributed by atoms with van der Waals surface area (Å²) < 4.78 is 13.7. The van der Waals surface area contributed by atoms with Gasteiger partial charge in [-0.3, -0.25) is 0 Å². The van der Waals surface area contributed by atoms with Gasteiger partial charge in [-0.25, -0.2) is 29.3 Å². The largest absolute Gasteiger partial charge is 0.362 e. The third kappa shape index (κ3) is 3.21. The number of rotatable bonds is 5. The molecule has 2 N–H and O–H groups in total. The zero-order chi connectivity index (χ0) is 20.5. The van der Waals surface area contributed by atoms with Crippen LogP contribution in [0.25, 0.3) is 33.5 Å². The van der Waals surface area contributed by atoms with Crippen LogP contribution in [-0.2, 0) is 13.2 Å². The van der Waals surface area contributed by atoms with Crippen LogP contribution in [0.1, 0.15) is 11.3 Å². The summed E-state index contributed by atoms with van der Waals surface area (Å²) in [6, 6.07) is 12.7. The maximum atomic E-state index is 13.7. The van der Waals surface area contributed by atoms with Gasteiger partial charge in [0.1, 0.15) is 24.0 Å². The molecule has 3 aromatic heterocycles. The van der Waals surface area contributed by atoms with Crippen LogP contribution < -0.4 is 5.32 Å². The van der Waals surface area contributed by atoms with Gasteiger partial charge in [-0.05, 0) is 17.7 Å². The maximum Gasteiger partial charge on any atom is 0.182 e. The summed E-state index contributed by atoms with van der Waals surface area (Å²) in [5.74, 6) is 0.586. The molecule has 0 aliphatic heterocycles. The number of nitrogens with one attached hydrogen (secondary N) is 2. The number of halogens is 2.